The maximum Gasteiger partial charge on any atom is 0.236 e. The lowest BCUT2D eigenvalue weighted by Crippen LogP contribution is -2.48. The van der Waals surface area contributed by atoms with Crippen molar-refractivity contribution in [1.29, 1.82) is 0 Å². The largest absolute Gasteiger partial charge is 0.381 e. The van der Waals surface area contributed by atoms with E-state index in [1.165, 1.54) is 6.07 Å². The first kappa shape index (κ1) is 19.9. The Morgan fingerprint density at radius 3 is 2.46 bits per heavy atom. The van der Waals surface area contributed by atoms with Gasteiger partial charge in [-0.05, 0) is 48.1 Å². The molecule has 0 aromatic heterocycles. The van der Waals surface area contributed by atoms with Crippen molar-refractivity contribution in [2.75, 3.05) is 19.8 Å². The summed E-state index contributed by atoms with van der Waals surface area (Å²) < 4.78 is 32.5. The first-order valence-electron chi connectivity index (χ1n) is 9.09. The van der Waals surface area contributed by atoms with Crippen molar-refractivity contribution >= 4 is 11.8 Å². The second-order valence-electron chi connectivity index (χ2n) is 7.00. The van der Waals surface area contributed by atoms with Crippen LogP contribution in [0.5, 0.6) is 0 Å². The third kappa shape index (κ3) is 4.36. The van der Waals surface area contributed by atoms with Gasteiger partial charge in [0.2, 0.25) is 11.8 Å². The third-order valence-electron chi connectivity index (χ3n) is 5.13. The first-order valence-corrected chi connectivity index (χ1v) is 9.09. The van der Waals surface area contributed by atoms with E-state index in [9.17, 15) is 18.4 Å². The molecular formula is C21H22F2N2O3. The van der Waals surface area contributed by atoms with Gasteiger partial charge in [-0.2, -0.15) is 0 Å². The Morgan fingerprint density at radius 2 is 1.79 bits per heavy atom. The molecule has 1 aliphatic rings. The zero-order valence-electron chi connectivity index (χ0n) is 15.3. The maximum atomic E-state index is 13.7. The molecule has 3 rings (SSSR count). The average Bonchev–Trinajstić information content (AvgIpc) is 2.69. The number of halogens is 2. The summed E-state index contributed by atoms with van der Waals surface area (Å²) in [4.78, 5) is 24.0. The molecule has 1 saturated heterocycles. The van der Waals surface area contributed by atoms with Gasteiger partial charge in [0.1, 0.15) is 0 Å². The number of nitrogens with two attached hydrogens (primary N) is 1. The van der Waals surface area contributed by atoms with Gasteiger partial charge in [-0.1, -0.05) is 30.3 Å². The lowest BCUT2D eigenvalue weighted by atomic mass is 9.73. The van der Waals surface area contributed by atoms with E-state index in [-0.39, 0.29) is 12.5 Å². The number of carbonyl (C=O) groups is 2. The van der Waals surface area contributed by atoms with E-state index in [1.807, 2.05) is 24.3 Å². The highest BCUT2D eigenvalue weighted by Crippen LogP contribution is 2.37. The summed E-state index contributed by atoms with van der Waals surface area (Å²) in [5.41, 5.74) is 6.49. The molecule has 2 aromatic carbocycles. The van der Waals surface area contributed by atoms with Crippen LogP contribution in [0, 0.1) is 17.0 Å². The van der Waals surface area contributed by atoms with E-state index in [0.29, 0.717) is 38.0 Å². The average molecular weight is 388 g/mol. The van der Waals surface area contributed by atoms with Gasteiger partial charge in [0.25, 0.3) is 0 Å². The van der Waals surface area contributed by atoms with Crippen molar-refractivity contribution in [2.24, 2.45) is 11.1 Å². The number of carbonyl (C=O) groups excluding carboxylic acids is 2. The van der Waals surface area contributed by atoms with Crippen LogP contribution in [0.15, 0.2) is 42.5 Å². The predicted octanol–water partition coefficient (Wildman–Crippen LogP) is 2.57. The van der Waals surface area contributed by atoms with Crippen molar-refractivity contribution in [3.63, 3.8) is 0 Å². The van der Waals surface area contributed by atoms with Crippen molar-refractivity contribution < 1.29 is 23.1 Å². The first-order chi connectivity index (χ1) is 13.4. The molecule has 0 saturated carbocycles. The normalized spacial score (nSPS) is 15.8. The molecule has 1 aliphatic heterocycles. The molecule has 2 aromatic rings. The fourth-order valence-electron chi connectivity index (χ4n) is 3.59. The van der Waals surface area contributed by atoms with E-state index in [1.54, 1.807) is 0 Å². The molecule has 0 atom stereocenters. The standard InChI is InChI=1S/C21H22F2N2O3/c22-17-6-5-14(11-18(17)23)16-4-2-1-3-15(16)12-21(7-9-28-10-8-21)20(27)25-13-19(24)26/h1-6,11H,7-10,12-13H2,(H2,24,26)(H,25,27). The Morgan fingerprint density at radius 1 is 1.07 bits per heavy atom. The topological polar surface area (TPSA) is 81.4 Å². The molecule has 0 bridgehead atoms. The molecule has 1 heterocycles. The van der Waals surface area contributed by atoms with E-state index in [4.69, 9.17) is 10.5 Å². The Labute approximate surface area is 161 Å². The minimum Gasteiger partial charge on any atom is -0.381 e. The minimum absolute atomic E-state index is 0.230. The lowest BCUT2D eigenvalue weighted by Gasteiger charge is -2.36. The number of hydrogen-bond acceptors (Lipinski definition) is 3. The van der Waals surface area contributed by atoms with Gasteiger partial charge in [-0.15, -0.1) is 0 Å². The Kier molecular flexibility index (Phi) is 6.04. The number of hydrogen-bond donors (Lipinski definition) is 2. The molecule has 3 N–H and O–H groups in total. The van der Waals surface area contributed by atoms with Crippen LogP contribution in [-0.4, -0.2) is 31.6 Å². The highest BCUT2D eigenvalue weighted by Gasteiger charge is 2.40. The molecule has 1 fully saturated rings. The number of primary amides is 1. The fraction of sp³-hybridized carbons (Fsp3) is 0.333. The molecular weight excluding hydrogens is 366 g/mol. The van der Waals surface area contributed by atoms with Crippen molar-refractivity contribution in [2.45, 2.75) is 19.3 Å². The lowest BCUT2D eigenvalue weighted by molar-refractivity contribution is -0.137. The van der Waals surface area contributed by atoms with Crippen LogP contribution in [0.3, 0.4) is 0 Å². The molecule has 0 aliphatic carbocycles. The second kappa shape index (κ2) is 8.48. The molecule has 28 heavy (non-hydrogen) atoms. The quantitative estimate of drug-likeness (QED) is 0.798. The summed E-state index contributed by atoms with van der Waals surface area (Å²) in [5.74, 6) is -2.70. The predicted molar refractivity (Wildman–Crippen MR) is 100 cm³/mol. The molecule has 0 spiro atoms. The van der Waals surface area contributed by atoms with Crippen molar-refractivity contribution in [3.05, 3.63) is 59.7 Å². The van der Waals surface area contributed by atoms with Crippen LogP contribution in [-0.2, 0) is 20.7 Å². The fourth-order valence-corrected chi connectivity index (χ4v) is 3.59. The summed E-state index contributed by atoms with van der Waals surface area (Å²) in [5, 5.41) is 2.61. The Bertz CT molecular complexity index is 880. The van der Waals surface area contributed by atoms with Crippen LogP contribution in [0.25, 0.3) is 11.1 Å². The van der Waals surface area contributed by atoms with Gasteiger partial charge in [-0.3, -0.25) is 9.59 Å². The highest BCUT2D eigenvalue weighted by atomic mass is 19.2. The van der Waals surface area contributed by atoms with E-state index in [2.05, 4.69) is 5.32 Å². The zero-order valence-corrected chi connectivity index (χ0v) is 15.3. The number of benzene rings is 2. The van der Waals surface area contributed by atoms with Crippen LogP contribution < -0.4 is 11.1 Å². The van der Waals surface area contributed by atoms with Gasteiger partial charge in [0.05, 0.1) is 12.0 Å². The number of amides is 2. The molecule has 5 nitrogen and oxygen atoms in total. The van der Waals surface area contributed by atoms with Gasteiger partial charge >= 0.3 is 0 Å². The van der Waals surface area contributed by atoms with Crippen LogP contribution >= 0.6 is 0 Å². The smallest absolute Gasteiger partial charge is 0.236 e. The van der Waals surface area contributed by atoms with Gasteiger partial charge in [0.15, 0.2) is 11.6 Å². The van der Waals surface area contributed by atoms with Gasteiger partial charge in [-0.25, -0.2) is 8.78 Å². The van der Waals surface area contributed by atoms with Crippen molar-refractivity contribution in [3.8, 4) is 11.1 Å². The SMILES string of the molecule is NC(=O)CNC(=O)C1(Cc2ccccc2-c2ccc(F)c(F)c2)CCOCC1. The summed E-state index contributed by atoms with van der Waals surface area (Å²) >= 11 is 0. The zero-order chi connectivity index (χ0) is 20.1. The summed E-state index contributed by atoms with van der Waals surface area (Å²) in [7, 11) is 0. The summed E-state index contributed by atoms with van der Waals surface area (Å²) in [6.07, 6.45) is 1.36. The Hall–Kier alpha value is -2.80. The van der Waals surface area contributed by atoms with Gasteiger partial charge in [0, 0.05) is 13.2 Å². The molecule has 0 radical (unpaired) electrons. The van der Waals surface area contributed by atoms with Crippen molar-refractivity contribution in [1.82, 2.24) is 5.32 Å². The third-order valence-corrected chi connectivity index (χ3v) is 5.13. The Balaban J connectivity index is 1.94. The van der Waals surface area contributed by atoms with Crippen LogP contribution in [0.2, 0.25) is 0 Å². The minimum atomic E-state index is -0.924. The van der Waals surface area contributed by atoms with E-state index in [0.717, 1.165) is 23.3 Å². The summed E-state index contributed by atoms with van der Waals surface area (Å²) in [6.45, 7) is 0.626. The van der Waals surface area contributed by atoms with Gasteiger partial charge < -0.3 is 15.8 Å². The number of nitrogens with one attached hydrogen (secondary N) is 1. The monoisotopic (exact) mass is 388 g/mol. The van der Waals surface area contributed by atoms with E-state index >= 15 is 0 Å². The summed E-state index contributed by atoms with van der Waals surface area (Å²) in [6, 6.07) is 11.1. The number of ether oxygens (including phenoxy) is 1. The molecule has 7 heteroatoms. The second-order valence-corrected chi connectivity index (χ2v) is 7.00. The van der Waals surface area contributed by atoms with E-state index < -0.39 is 23.0 Å². The number of rotatable bonds is 6. The maximum absolute atomic E-state index is 13.7. The molecule has 148 valence electrons. The van der Waals surface area contributed by atoms with Crippen LogP contribution in [0.1, 0.15) is 18.4 Å². The highest BCUT2D eigenvalue weighted by molar-refractivity contribution is 5.88. The van der Waals surface area contributed by atoms with Crippen LogP contribution in [0.4, 0.5) is 8.78 Å². The molecule has 2 amide bonds. The molecule has 0 unspecified atom stereocenters.